The van der Waals surface area contributed by atoms with Crippen molar-refractivity contribution in [2.75, 3.05) is 11.5 Å². The second-order valence-electron chi connectivity index (χ2n) is 1.77. The van der Waals surface area contributed by atoms with E-state index in [0.29, 0.717) is 17.9 Å². The molecule has 0 aromatic rings. The number of oxime groups is 1. The highest BCUT2D eigenvalue weighted by atomic mass is 32.2. The van der Waals surface area contributed by atoms with Crippen LogP contribution < -0.4 is 0 Å². The van der Waals surface area contributed by atoms with Crippen molar-refractivity contribution >= 4 is 23.3 Å². The first kappa shape index (κ1) is 6.61. The highest BCUT2D eigenvalue weighted by Crippen LogP contribution is 2.11. The molecule has 0 bridgehead atoms. The number of carbonyl (C=O) groups is 1. The van der Waals surface area contributed by atoms with Crippen LogP contribution in [0.3, 0.4) is 0 Å². The van der Waals surface area contributed by atoms with Gasteiger partial charge in [-0.15, -0.1) is 0 Å². The quantitative estimate of drug-likeness (QED) is 0.399. The highest BCUT2D eigenvalue weighted by molar-refractivity contribution is 8.00. The molecule has 0 aromatic carbocycles. The lowest BCUT2D eigenvalue weighted by molar-refractivity contribution is -0.112. The molecule has 0 aliphatic carbocycles. The second kappa shape index (κ2) is 2.87. The minimum absolute atomic E-state index is 0.0174. The van der Waals surface area contributed by atoms with Gasteiger partial charge >= 0.3 is 0 Å². The fourth-order valence-corrected chi connectivity index (χ4v) is 1.53. The van der Waals surface area contributed by atoms with E-state index in [2.05, 4.69) is 5.16 Å². The monoisotopic (exact) mass is 145 g/mol. The van der Waals surface area contributed by atoms with Gasteiger partial charge in [0.2, 0.25) is 0 Å². The van der Waals surface area contributed by atoms with Crippen molar-refractivity contribution in [3.05, 3.63) is 0 Å². The average molecular weight is 145 g/mol. The van der Waals surface area contributed by atoms with Gasteiger partial charge in [-0.25, -0.2) is 0 Å². The first-order chi connectivity index (χ1) is 4.34. The van der Waals surface area contributed by atoms with Crippen molar-refractivity contribution in [2.24, 2.45) is 5.16 Å². The molecular formula is C5H7NO2S. The first-order valence-corrected chi connectivity index (χ1v) is 3.82. The van der Waals surface area contributed by atoms with Gasteiger partial charge in [-0.1, -0.05) is 5.16 Å². The van der Waals surface area contributed by atoms with Crippen molar-refractivity contribution in [1.29, 1.82) is 0 Å². The number of hydrogen-bond donors (Lipinski definition) is 1. The highest BCUT2D eigenvalue weighted by Gasteiger charge is 2.16. The second-order valence-corrected chi connectivity index (χ2v) is 2.88. The smallest absolute Gasteiger partial charge is 0.182 e. The predicted octanol–water partition coefficient (Wildman–Crippen LogP) is 0.523. The number of rotatable bonds is 0. The van der Waals surface area contributed by atoms with Crippen LogP contribution in [0.2, 0.25) is 0 Å². The number of thioether (sulfide) groups is 1. The summed E-state index contributed by atoms with van der Waals surface area (Å²) in [7, 11) is 0. The Bertz CT molecular complexity index is 155. The zero-order valence-electron chi connectivity index (χ0n) is 4.83. The molecule has 4 heteroatoms. The van der Waals surface area contributed by atoms with Crippen LogP contribution in [0.5, 0.6) is 0 Å². The van der Waals surface area contributed by atoms with Gasteiger partial charge < -0.3 is 5.21 Å². The van der Waals surface area contributed by atoms with Crippen LogP contribution in [-0.4, -0.2) is 28.2 Å². The molecule has 3 nitrogen and oxygen atoms in total. The topological polar surface area (TPSA) is 49.7 Å². The Hall–Kier alpha value is -0.510. The van der Waals surface area contributed by atoms with Gasteiger partial charge in [0, 0.05) is 17.9 Å². The fourth-order valence-electron chi connectivity index (χ4n) is 0.643. The lowest BCUT2D eigenvalue weighted by Crippen LogP contribution is -2.22. The average Bonchev–Trinajstić information content (AvgIpc) is 1.89. The SMILES string of the molecule is O=C1CCSC/C1=N\O. The van der Waals surface area contributed by atoms with Gasteiger partial charge in [-0.3, -0.25) is 4.79 Å². The summed E-state index contributed by atoms with van der Waals surface area (Å²) in [4.78, 5) is 10.7. The first-order valence-electron chi connectivity index (χ1n) is 2.66. The van der Waals surface area contributed by atoms with Gasteiger partial charge in [0.1, 0.15) is 5.71 Å². The summed E-state index contributed by atoms with van der Waals surface area (Å²) in [6, 6.07) is 0. The summed E-state index contributed by atoms with van der Waals surface area (Å²) in [6.07, 6.45) is 0.518. The Morgan fingerprint density at radius 1 is 1.67 bits per heavy atom. The largest absolute Gasteiger partial charge is 0.411 e. The van der Waals surface area contributed by atoms with Gasteiger partial charge in [-0.05, 0) is 0 Å². The van der Waals surface area contributed by atoms with Crippen molar-refractivity contribution < 1.29 is 10.0 Å². The van der Waals surface area contributed by atoms with Crippen LogP contribution in [-0.2, 0) is 4.79 Å². The van der Waals surface area contributed by atoms with E-state index < -0.39 is 0 Å². The van der Waals surface area contributed by atoms with Crippen LogP contribution in [0.4, 0.5) is 0 Å². The van der Waals surface area contributed by atoms with Crippen molar-refractivity contribution in [2.45, 2.75) is 6.42 Å². The normalized spacial score (nSPS) is 24.9. The van der Waals surface area contributed by atoms with E-state index in [1.54, 1.807) is 11.8 Å². The van der Waals surface area contributed by atoms with E-state index in [4.69, 9.17) is 5.21 Å². The van der Waals surface area contributed by atoms with Crippen LogP contribution >= 0.6 is 11.8 Å². The molecule has 1 aliphatic heterocycles. The zero-order valence-corrected chi connectivity index (χ0v) is 5.65. The molecule has 9 heavy (non-hydrogen) atoms. The van der Waals surface area contributed by atoms with E-state index in [1.807, 2.05) is 0 Å². The van der Waals surface area contributed by atoms with E-state index >= 15 is 0 Å². The summed E-state index contributed by atoms with van der Waals surface area (Å²) < 4.78 is 0. The van der Waals surface area contributed by atoms with Crippen LogP contribution in [0.15, 0.2) is 5.16 Å². The minimum Gasteiger partial charge on any atom is -0.411 e. The fraction of sp³-hybridized carbons (Fsp3) is 0.600. The standard InChI is InChI=1S/C5H7NO2S/c7-5-1-2-9-3-4(5)6-8/h8H,1-3H2/b6-4+. The third-order valence-corrected chi connectivity index (χ3v) is 2.13. The summed E-state index contributed by atoms with van der Waals surface area (Å²) in [5.41, 5.74) is 0.311. The molecule has 50 valence electrons. The Labute approximate surface area is 57.1 Å². The van der Waals surface area contributed by atoms with Crippen molar-refractivity contribution in [3.63, 3.8) is 0 Å². The molecule has 1 fully saturated rings. The summed E-state index contributed by atoms with van der Waals surface area (Å²) in [5, 5.41) is 11.1. The number of Topliss-reactive ketones (excluding diaryl/α,β-unsaturated/α-hetero) is 1. The van der Waals surface area contributed by atoms with Crippen LogP contribution in [0.25, 0.3) is 0 Å². The van der Waals surface area contributed by atoms with Gasteiger partial charge in [-0.2, -0.15) is 11.8 Å². The maximum atomic E-state index is 10.7. The molecule has 1 saturated heterocycles. The Morgan fingerprint density at radius 3 is 2.89 bits per heavy atom. The number of carbonyl (C=O) groups excluding carboxylic acids is 1. The molecule has 0 radical (unpaired) electrons. The van der Waals surface area contributed by atoms with E-state index in [0.717, 1.165) is 5.75 Å². The number of nitrogens with zero attached hydrogens (tertiary/aromatic N) is 1. The molecular weight excluding hydrogens is 138 g/mol. The molecule has 0 saturated carbocycles. The molecule has 1 N–H and O–H groups in total. The molecule has 1 heterocycles. The lowest BCUT2D eigenvalue weighted by Gasteiger charge is -2.07. The van der Waals surface area contributed by atoms with E-state index in [-0.39, 0.29) is 5.78 Å². The van der Waals surface area contributed by atoms with Crippen LogP contribution in [0, 0.1) is 0 Å². The third-order valence-electron chi connectivity index (χ3n) is 1.15. The van der Waals surface area contributed by atoms with Gasteiger partial charge in [0.25, 0.3) is 0 Å². The summed E-state index contributed by atoms with van der Waals surface area (Å²) in [6.45, 7) is 0. The molecule has 0 atom stereocenters. The van der Waals surface area contributed by atoms with E-state index in [1.165, 1.54) is 0 Å². The summed E-state index contributed by atoms with van der Waals surface area (Å²) in [5.74, 6) is 1.41. The third kappa shape index (κ3) is 1.45. The molecule has 0 amide bonds. The molecule has 1 aliphatic rings. The Morgan fingerprint density at radius 2 is 2.44 bits per heavy atom. The maximum Gasteiger partial charge on any atom is 0.182 e. The zero-order chi connectivity index (χ0) is 6.69. The number of hydrogen-bond acceptors (Lipinski definition) is 4. The Balaban J connectivity index is 2.60. The molecule has 0 aromatic heterocycles. The maximum absolute atomic E-state index is 10.7. The van der Waals surface area contributed by atoms with Crippen molar-refractivity contribution in [3.8, 4) is 0 Å². The van der Waals surface area contributed by atoms with Crippen molar-refractivity contribution in [1.82, 2.24) is 0 Å². The van der Waals surface area contributed by atoms with Gasteiger partial charge in [0.05, 0.1) is 0 Å². The van der Waals surface area contributed by atoms with E-state index in [9.17, 15) is 4.79 Å². The number of ketones is 1. The molecule has 0 unspecified atom stereocenters. The van der Waals surface area contributed by atoms with Crippen LogP contribution in [0.1, 0.15) is 6.42 Å². The minimum atomic E-state index is -0.0174. The van der Waals surface area contributed by atoms with Gasteiger partial charge in [0.15, 0.2) is 5.78 Å². The Kier molecular flexibility index (Phi) is 2.10. The summed E-state index contributed by atoms with van der Waals surface area (Å²) >= 11 is 1.62. The molecule has 0 spiro atoms. The lowest BCUT2D eigenvalue weighted by atomic mass is 10.2. The predicted molar refractivity (Wildman–Crippen MR) is 36.2 cm³/mol. The molecule has 1 rings (SSSR count).